The quantitative estimate of drug-likeness (QED) is 0.793. The zero-order chi connectivity index (χ0) is 15.8. The Hall–Kier alpha value is -2.84. The number of nitriles is 1. The number of benzene rings is 2. The number of aliphatic hydroxyl groups is 1. The fourth-order valence-corrected chi connectivity index (χ4v) is 2.09. The van der Waals surface area contributed by atoms with Crippen LogP contribution in [0.1, 0.15) is 23.6 Å². The molecule has 0 spiro atoms. The van der Waals surface area contributed by atoms with Crippen molar-refractivity contribution in [3.8, 4) is 6.07 Å². The summed E-state index contributed by atoms with van der Waals surface area (Å²) in [5, 5.41) is 23.4. The monoisotopic (exact) mass is 295 g/mol. The summed E-state index contributed by atoms with van der Waals surface area (Å²) in [6.45, 7) is -0.0172. The second kappa shape index (κ2) is 7.81. The number of carbonyl (C=O) groups excluding carboxylic acids is 1. The van der Waals surface area contributed by atoms with E-state index >= 15 is 0 Å². The smallest absolute Gasteiger partial charge is 0.319 e. The van der Waals surface area contributed by atoms with Gasteiger partial charge in [0.15, 0.2) is 0 Å². The average Bonchev–Trinajstić information content (AvgIpc) is 2.56. The van der Waals surface area contributed by atoms with Gasteiger partial charge in [-0.25, -0.2) is 4.79 Å². The molecule has 5 nitrogen and oxygen atoms in total. The van der Waals surface area contributed by atoms with Crippen LogP contribution in [-0.4, -0.2) is 17.7 Å². The average molecular weight is 295 g/mol. The normalized spacial score (nSPS) is 11.3. The van der Waals surface area contributed by atoms with Crippen LogP contribution in [0.2, 0.25) is 0 Å². The highest BCUT2D eigenvalue weighted by Crippen LogP contribution is 2.16. The maximum atomic E-state index is 12.1. The molecule has 0 unspecified atom stereocenters. The Morgan fingerprint density at radius 1 is 1.14 bits per heavy atom. The van der Waals surface area contributed by atoms with E-state index in [2.05, 4.69) is 10.6 Å². The van der Waals surface area contributed by atoms with Crippen LogP contribution in [0.25, 0.3) is 0 Å². The Labute approximate surface area is 129 Å². The summed E-state index contributed by atoms with van der Waals surface area (Å²) in [5.41, 5.74) is 2.08. The standard InChI is InChI=1S/C17H17N3O2/c18-12-13-6-8-15(9-7-13)19-17(22)20-16(10-11-21)14-4-2-1-3-5-14/h1-9,16,21H,10-11H2,(H2,19,20,22)/t16-/m1/s1. The molecule has 0 heterocycles. The zero-order valence-corrected chi connectivity index (χ0v) is 12.0. The van der Waals surface area contributed by atoms with Crippen LogP contribution in [0.4, 0.5) is 10.5 Å². The Bertz CT molecular complexity index is 648. The number of amides is 2. The summed E-state index contributed by atoms with van der Waals surface area (Å²) in [6, 6.07) is 17.5. The molecule has 22 heavy (non-hydrogen) atoms. The Kier molecular flexibility index (Phi) is 5.52. The van der Waals surface area contributed by atoms with Gasteiger partial charge in [-0.2, -0.15) is 5.26 Å². The number of urea groups is 1. The summed E-state index contributed by atoms with van der Waals surface area (Å²) in [6.07, 6.45) is 0.435. The van der Waals surface area contributed by atoms with Crippen LogP contribution >= 0.6 is 0 Å². The molecule has 0 saturated heterocycles. The molecule has 0 aromatic heterocycles. The molecular formula is C17H17N3O2. The SMILES string of the molecule is N#Cc1ccc(NC(=O)N[C@H](CCO)c2ccccc2)cc1. The van der Waals surface area contributed by atoms with E-state index in [0.717, 1.165) is 5.56 Å². The summed E-state index contributed by atoms with van der Waals surface area (Å²) in [5.74, 6) is 0. The van der Waals surface area contributed by atoms with E-state index in [4.69, 9.17) is 10.4 Å². The molecule has 0 saturated carbocycles. The van der Waals surface area contributed by atoms with Crippen molar-refractivity contribution >= 4 is 11.7 Å². The largest absolute Gasteiger partial charge is 0.396 e. The predicted octanol–water partition coefficient (Wildman–Crippen LogP) is 2.80. The predicted molar refractivity (Wildman–Crippen MR) is 84.2 cm³/mol. The van der Waals surface area contributed by atoms with Gasteiger partial charge in [0.2, 0.25) is 0 Å². The van der Waals surface area contributed by atoms with Crippen LogP contribution < -0.4 is 10.6 Å². The number of nitrogens with one attached hydrogen (secondary N) is 2. The molecule has 0 aliphatic carbocycles. The number of anilines is 1. The molecule has 112 valence electrons. The van der Waals surface area contributed by atoms with Crippen molar-refractivity contribution in [3.63, 3.8) is 0 Å². The number of hydrogen-bond donors (Lipinski definition) is 3. The number of carbonyl (C=O) groups is 1. The third-order valence-corrected chi connectivity index (χ3v) is 3.20. The first kappa shape index (κ1) is 15.5. The second-order valence-electron chi connectivity index (χ2n) is 4.76. The number of hydrogen-bond acceptors (Lipinski definition) is 3. The minimum Gasteiger partial charge on any atom is -0.396 e. The van der Waals surface area contributed by atoms with Gasteiger partial charge in [0.05, 0.1) is 17.7 Å². The molecule has 2 aromatic rings. The van der Waals surface area contributed by atoms with Crippen molar-refractivity contribution in [2.75, 3.05) is 11.9 Å². The summed E-state index contributed by atoms with van der Waals surface area (Å²) < 4.78 is 0. The van der Waals surface area contributed by atoms with Crippen LogP contribution in [0.3, 0.4) is 0 Å². The van der Waals surface area contributed by atoms with Gasteiger partial charge in [-0.3, -0.25) is 0 Å². The van der Waals surface area contributed by atoms with Crippen molar-refractivity contribution in [1.29, 1.82) is 5.26 Å². The van der Waals surface area contributed by atoms with Crippen molar-refractivity contribution in [3.05, 3.63) is 65.7 Å². The molecule has 5 heteroatoms. The van der Waals surface area contributed by atoms with Crippen LogP contribution in [-0.2, 0) is 0 Å². The van der Waals surface area contributed by atoms with Crippen LogP contribution in [0, 0.1) is 11.3 Å². The first-order valence-corrected chi connectivity index (χ1v) is 6.96. The Balaban J connectivity index is 2.00. The van der Waals surface area contributed by atoms with Gasteiger partial charge in [-0.15, -0.1) is 0 Å². The number of nitrogens with zero attached hydrogens (tertiary/aromatic N) is 1. The van der Waals surface area contributed by atoms with Crippen molar-refractivity contribution in [2.45, 2.75) is 12.5 Å². The molecule has 0 aliphatic heterocycles. The molecule has 2 rings (SSSR count). The highest BCUT2D eigenvalue weighted by molar-refractivity contribution is 5.89. The number of rotatable bonds is 5. The lowest BCUT2D eigenvalue weighted by Crippen LogP contribution is -2.33. The van der Waals surface area contributed by atoms with E-state index in [1.165, 1.54) is 0 Å². The Morgan fingerprint density at radius 3 is 2.41 bits per heavy atom. The summed E-state index contributed by atoms with van der Waals surface area (Å²) in [7, 11) is 0. The minimum absolute atomic E-state index is 0.0172. The maximum Gasteiger partial charge on any atom is 0.319 e. The third kappa shape index (κ3) is 4.33. The molecule has 2 amide bonds. The van der Waals surface area contributed by atoms with Crippen molar-refractivity contribution in [1.82, 2.24) is 5.32 Å². The van der Waals surface area contributed by atoms with E-state index in [9.17, 15) is 4.79 Å². The molecular weight excluding hydrogens is 278 g/mol. The van der Waals surface area contributed by atoms with Gasteiger partial charge in [-0.1, -0.05) is 30.3 Å². The van der Waals surface area contributed by atoms with E-state index in [0.29, 0.717) is 17.7 Å². The highest BCUT2D eigenvalue weighted by atomic mass is 16.3. The van der Waals surface area contributed by atoms with E-state index in [1.807, 2.05) is 36.4 Å². The lowest BCUT2D eigenvalue weighted by Gasteiger charge is -2.18. The second-order valence-corrected chi connectivity index (χ2v) is 4.76. The first-order valence-electron chi connectivity index (χ1n) is 6.96. The molecule has 0 bridgehead atoms. The van der Waals surface area contributed by atoms with Gasteiger partial charge in [-0.05, 0) is 36.2 Å². The molecule has 3 N–H and O–H groups in total. The van der Waals surface area contributed by atoms with Crippen molar-refractivity contribution < 1.29 is 9.90 Å². The fraction of sp³-hybridized carbons (Fsp3) is 0.176. The lowest BCUT2D eigenvalue weighted by molar-refractivity contribution is 0.239. The topological polar surface area (TPSA) is 85.2 Å². The number of aliphatic hydroxyl groups excluding tert-OH is 1. The molecule has 0 aliphatic rings. The molecule has 0 radical (unpaired) electrons. The third-order valence-electron chi connectivity index (χ3n) is 3.20. The fourth-order valence-electron chi connectivity index (χ4n) is 2.09. The van der Waals surface area contributed by atoms with Gasteiger partial charge < -0.3 is 15.7 Å². The van der Waals surface area contributed by atoms with Gasteiger partial charge in [0.1, 0.15) is 0 Å². The van der Waals surface area contributed by atoms with Crippen LogP contribution in [0.5, 0.6) is 0 Å². The first-order chi connectivity index (χ1) is 10.7. The maximum absolute atomic E-state index is 12.1. The summed E-state index contributed by atoms with van der Waals surface area (Å²) >= 11 is 0. The minimum atomic E-state index is -0.355. The van der Waals surface area contributed by atoms with Gasteiger partial charge in [0, 0.05) is 12.3 Å². The van der Waals surface area contributed by atoms with E-state index in [-0.39, 0.29) is 18.7 Å². The lowest BCUT2D eigenvalue weighted by atomic mass is 10.0. The van der Waals surface area contributed by atoms with E-state index in [1.54, 1.807) is 24.3 Å². The van der Waals surface area contributed by atoms with Gasteiger partial charge in [0.25, 0.3) is 0 Å². The highest BCUT2D eigenvalue weighted by Gasteiger charge is 2.13. The molecule has 1 atom stereocenters. The van der Waals surface area contributed by atoms with Gasteiger partial charge >= 0.3 is 6.03 Å². The molecule has 0 fully saturated rings. The van der Waals surface area contributed by atoms with Crippen LogP contribution in [0.15, 0.2) is 54.6 Å². The van der Waals surface area contributed by atoms with Crippen molar-refractivity contribution in [2.24, 2.45) is 0 Å². The zero-order valence-electron chi connectivity index (χ0n) is 12.0. The summed E-state index contributed by atoms with van der Waals surface area (Å²) in [4.78, 5) is 12.1. The van der Waals surface area contributed by atoms with E-state index < -0.39 is 0 Å². The molecule has 2 aromatic carbocycles. The Morgan fingerprint density at radius 2 is 1.82 bits per heavy atom.